The van der Waals surface area contributed by atoms with Gasteiger partial charge in [0.25, 0.3) is 0 Å². The highest BCUT2D eigenvalue weighted by molar-refractivity contribution is 5.25. The molecule has 0 aliphatic carbocycles. The number of nitrogens with zero attached hydrogens (tertiary/aromatic N) is 1. The zero-order chi connectivity index (χ0) is 16.4. The fourth-order valence-corrected chi connectivity index (χ4v) is 2.83. The molecule has 0 aliphatic heterocycles. The van der Waals surface area contributed by atoms with Crippen molar-refractivity contribution in [3.63, 3.8) is 0 Å². The van der Waals surface area contributed by atoms with Gasteiger partial charge in [-0.2, -0.15) is 4.98 Å². The van der Waals surface area contributed by atoms with Crippen LogP contribution in [0.4, 0.5) is 0 Å². The number of ether oxygens (including phenoxy) is 2. The Morgan fingerprint density at radius 3 is 2.09 bits per heavy atom. The van der Waals surface area contributed by atoms with Crippen LogP contribution in [0.3, 0.4) is 0 Å². The van der Waals surface area contributed by atoms with Gasteiger partial charge in [-0.15, -0.1) is 0 Å². The Labute approximate surface area is 135 Å². The first-order valence-electron chi connectivity index (χ1n) is 8.70. The molecule has 0 spiro atoms. The maximum Gasteiger partial charge on any atom is 0.351 e. The van der Waals surface area contributed by atoms with Gasteiger partial charge >= 0.3 is 11.8 Å². The summed E-state index contributed by atoms with van der Waals surface area (Å²) in [6.45, 7) is 6.72. The monoisotopic (exact) mass is 311 g/mol. The first-order chi connectivity index (χ1) is 10.6. The minimum Gasteiger partial charge on any atom is -0.476 e. The number of hydrogen-bond acceptors (Lipinski definition) is 4. The Balaban J connectivity index is 2.78. The van der Waals surface area contributed by atoms with Crippen LogP contribution in [0.2, 0.25) is 0 Å². The minimum absolute atomic E-state index is 0.0354. The van der Waals surface area contributed by atoms with Crippen molar-refractivity contribution >= 4 is 0 Å². The summed E-state index contributed by atoms with van der Waals surface area (Å²) in [4.78, 5) is 4.53. The van der Waals surface area contributed by atoms with Crippen molar-refractivity contribution in [1.82, 2.24) is 4.98 Å². The highest BCUT2D eigenvalue weighted by atomic mass is 16.6. The molecule has 1 aromatic rings. The van der Waals surface area contributed by atoms with Gasteiger partial charge in [0.05, 0.1) is 14.2 Å². The van der Waals surface area contributed by atoms with E-state index in [1.54, 1.807) is 14.2 Å². The van der Waals surface area contributed by atoms with Crippen LogP contribution in [0.25, 0.3) is 0 Å². The van der Waals surface area contributed by atoms with E-state index in [4.69, 9.17) is 13.9 Å². The molecular formula is C18H33NO3. The molecule has 0 radical (unpaired) electrons. The number of methoxy groups -OCH3 is 2. The number of rotatable bonds is 12. The molecule has 1 aromatic heterocycles. The van der Waals surface area contributed by atoms with Gasteiger partial charge in [0.1, 0.15) is 0 Å². The van der Waals surface area contributed by atoms with Crippen LogP contribution in [0.15, 0.2) is 4.42 Å². The Morgan fingerprint density at radius 1 is 0.909 bits per heavy atom. The third kappa shape index (κ3) is 5.22. The molecule has 4 heteroatoms. The van der Waals surface area contributed by atoms with Crippen molar-refractivity contribution in [2.45, 2.75) is 84.0 Å². The summed E-state index contributed by atoms with van der Waals surface area (Å²) in [6, 6.07) is 0. The average Bonchev–Trinajstić information content (AvgIpc) is 2.97. The van der Waals surface area contributed by atoms with E-state index < -0.39 is 0 Å². The number of aromatic nitrogens is 1. The van der Waals surface area contributed by atoms with Crippen molar-refractivity contribution in [2.75, 3.05) is 14.2 Å². The molecule has 0 amide bonds. The van der Waals surface area contributed by atoms with Crippen LogP contribution in [0, 0.1) is 0 Å². The molecule has 128 valence electrons. The molecule has 1 rings (SSSR count). The Hall–Kier alpha value is -1.19. The van der Waals surface area contributed by atoms with E-state index >= 15 is 0 Å². The van der Waals surface area contributed by atoms with Crippen molar-refractivity contribution in [1.29, 1.82) is 0 Å². The van der Waals surface area contributed by atoms with Gasteiger partial charge in [0.15, 0.2) is 0 Å². The quantitative estimate of drug-likeness (QED) is 0.478. The summed E-state index contributed by atoms with van der Waals surface area (Å²) in [7, 11) is 3.18. The van der Waals surface area contributed by atoms with E-state index in [9.17, 15) is 0 Å². The molecule has 22 heavy (non-hydrogen) atoms. The van der Waals surface area contributed by atoms with Crippen LogP contribution in [0.1, 0.15) is 84.4 Å². The summed E-state index contributed by atoms with van der Waals surface area (Å²) in [5.41, 5.74) is -0.0354. The molecule has 1 unspecified atom stereocenters. The second-order valence-corrected chi connectivity index (χ2v) is 6.35. The van der Waals surface area contributed by atoms with Crippen LogP contribution in [-0.4, -0.2) is 19.2 Å². The van der Waals surface area contributed by atoms with Gasteiger partial charge in [-0.05, 0) is 12.8 Å². The first kappa shape index (κ1) is 18.9. The van der Waals surface area contributed by atoms with Crippen LogP contribution >= 0.6 is 0 Å². The van der Waals surface area contributed by atoms with Crippen molar-refractivity contribution in [2.24, 2.45) is 0 Å². The zero-order valence-corrected chi connectivity index (χ0v) is 15.0. The molecule has 0 saturated carbocycles. The summed E-state index contributed by atoms with van der Waals surface area (Å²) < 4.78 is 16.3. The van der Waals surface area contributed by atoms with E-state index in [0.29, 0.717) is 11.8 Å². The minimum atomic E-state index is -0.0354. The molecule has 0 saturated heterocycles. The fraction of sp³-hybridized carbons (Fsp3) is 0.833. The summed E-state index contributed by atoms with van der Waals surface area (Å²) in [5, 5.41) is 0. The molecule has 0 bridgehead atoms. The second kappa shape index (κ2) is 9.75. The van der Waals surface area contributed by atoms with E-state index in [2.05, 4.69) is 25.8 Å². The third-order valence-electron chi connectivity index (χ3n) is 4.38. The summed E-state index contributed by atoms with van der Waals surface area (Å²) >= 11 is 0. The Bertz CT molecular complexity index is 395. The topological polar surface area (TPSA) is 44.5 Å². The lowest BCUT2D eigenvalue weighted by Crippen LogP contribution is -2.22. The molecule has 1 heterocycles. The predicted octanol–water partition coefficient (Wildman–Crippen LogP) is 5.50. The van der Waals surface area contributed by atoms with Gasteiger partial charge in [0, 0.05) is 5.41 Å². The van der Waals surface area contributed by atoms with E-state index in [1.807, 2.05) is 0 Å². The first-order valence-corrected chi connectivity index (χ1v) is 8.70. The normalized spacial score (nSPS) is 13.9. The van der Waals surface area contributed by atoms with E-state index in [1.165, 1.54) is 44.9 Å². The van der Waals surface area contributed by atoms with Crippen molar-refractivity contribution in [3.05, 3.63) is 5.89 Å². The van der Waals surface area contributed by atoms with Crippen LogP contribution in [-0.2, 0) is 5.41 Å². The lowest BCUT2D eigenvalue weighted by Gasteiger charge is -2.26. The Morgan fingerprint density at radius 2 is 1.55 bits per heavy atom. The Kier molecular flexibility index (Phi) is 8.36. The van der Waals surface area contributed by atoms with Crippen molar-refractivity contribution in [3.8, 4) is 11.8 Å². The molecule has 0 aliphatic rings. The standard InChI is InChI=1S/C18H33NO3/c1-6-8-10-11-12-14-18(3,13-9-7-2)17-19-15(20-4)16(21-5)22-17/h6-14H2,1-5H3. The van der Waals surface area contributed by atoms with Gasteiger partial charge in [-0.1, -0.05) is 65.7 Å². The fourth-order valence-electron chi connectivity index (χ4n) is 2.83. The molecular weight excluding hydrogens is 278 g/mol. The maximum atomic E-state index is 5.84. The number of hydrogen-bond donors (Lipinski definition) is 0. The molecule has 0 N–H and O–H groups in total. The van der Waals surface area contributed by atoms with E-state index in [0.717, 1.165) is 18.7 Å². The van der Waals surface area contributed by atoms with Crippen molar-refractivity contribution < 1.29 is 13.9 Å². The van der Waals surface area contributed by atoms with Crippen LogP contribution < -0.4 is 9.47 Å². The number of oxazole rings is 1. The molecule has 4 nitrogen and oxygen atoms in total. The van der Waals surface area contributed by atoms with Crippen LogP contribution in [0.5, 0.6) is 11.8 Å². The molecule has 1 atom stereocenters. The van der Waals surface area contributed by atoms with Gasteiger partial charge in [0.2, 0.25) is 5.89 Å². The van der Waals surface area contributed by atoms with Gasteiger partial charge in [-0.25, -0.2) is 0 Å². The van der Waals surface area contributed by atoms with E-state index in [-0.39, 0.29) is 5.41 Å². The highest BCUT2D eigenvalue weighted by Gasteiger charge is 2.33. The van der Waals surface area contributed by atoms with Gasteiger partial charge in [-0.3, -0.25) is 0 Å². The summed E-state index contributed by atoms with van der Waals surface area (Å²) in [5.74, 6) is 1.59. The predicted molar refractivity (Wildman–Crippen MR) is 89.9 cm³/mol. The maximum absolute atomic E-state index is 5.84. The second-order valence-electron chi connectivity index (χ2n) is 6.35. The lowest BCUT2D eigenvalue weighted by atomic mass is 9.80. The largest absolute Gasteiger partial charge is 0.476 e. The average molecular weight is 311 g/mol. The number of unbranched alkanes of at least 4 members (excludes halogenated alkanes) is 5. The lowest BCUT2D eigenvalue weighted by molar-refractivity contribution is 0.236. The molecule has 0 fully saturated rings. The molecule has 0 aromatic carbocycles. The SMILES string of the molecule is CCCCCCCC(C)(CCCC)c1nc(OC)c(OC)o1. The summed E-state index contributed by atoms with van der Waals surface area (Å²) in [6.07, 6.45) is 11.0. The third-order valence-corrected chi connectivity index (χ3v) is 4.38. The highest BCUT2D eigenvalue weighted by Crippen LogP contribution is 2.39. The zero-order valence-electron chi connectivity index (χ0n) is 15.0. The van der Waals surface area contributed by atoms with Gasteiger partial charge < -0.3 is 13.9 Å². The smallest absolute Gasteiger partial charge is 0.351 e.